The molecule has 22 heavy (non-hydrogen) atoms. The van der Waals surface area contributed by atoms with Gasteiger partial charge in [-0.25, -0.2) is 0 Å². The van der Waals surface area contributed by atoms with Crippen LogP contribution in [0.25, 0.3) is 0 Å². The lowest BCUT2D eigenvalue weighted by Crippen LogP contribution is -2.50. The van der Waals surface area contributed by atoms with E-state index >= 15 is 0 Å². The van der Waals surface area contributed by atoms with Gasteiger partial charge in [0.2, 0.25) is 0 Å². The molecule has 1 aliphatic heterocycles. The van der Waals surface area contributed by atoms with E-state index in [1.165, 1.54) is 0 Å². The van der Waals surface area contributed by atoms with E-state index in [1.807, 2.05) is 65.6 Å². The van der Waals surface area contributed by atoms with Crippen molar-refractivity contribution < 1.29 is 14.6 Å². The Morgan fingerprint density at radius 1 is 1.09 bits per heavy atom. The third-order valence-corrected chi connectivity index (χ3v) is 3.97. The zero-order valence-electron chi connectivity index (χ0n) is 12.3. The first-order chi connectivity index (χ1) is 10.8. The molecule has 0 aliphatic carbocycles. The SMILES string of the molecule is O=C(O)C1C(c2ccccc2)OCCN1Cc1ccccc1. The number of carbonyl (C=O) groups is 1. The molecule has 1 saturated heterocycles. The summed E-state index contributed by atoms with van der Waals surface area (Å²) < 4.78 is 5.78. The fourth-order valence-electron chi connectivity index (χ4n) is 2.92. The Hall–Kier alpha value is -2.17. The van der Waals surface area contributed by atoms with Crippen molar-refractivity contribution in [3.63, 3.8) is 0 Å². The molecule has 2 aromatic rings. The summed E-state index contributed by atoms with van der Waals surface area (Å²) in [6.07, 6.45) is -0.434. The van der Waals surface area contributed by atoms with Gasteiger partial charge in [-0.2, -0.15) is 0 Å². The van der Waals surface area contributed by atoms with E-state index in [4.69, 9.17) is 4.74 Å². The van der Waals surface area contributed by atoms with Gasteiger partial charge >= 0.3 is 5.97 Å². The molecule has 3 rings (SSSR count). The number of nitrogens with zero attached hydrogens (tertiary/aromatic N) is 1. The number of benzene rings is 2. The van der Waals surface area contributed by atoms with Crippen LogP contribution >= 0.6 is 0 Å². The lowest BCUT2D eigenvalue weighted by molar-refractivity contribution is -0.158. The minimum Gasteiger partial charge on any atom is -0.480 e. The molecule has 4 heteroatoms. The fraction of sp³-hybridized carbons (Fsp3) is 0.278. The normalized spacial score (nSPS) is 22.4. The van der Waals surface area contributed by atoms with E-state index in [-0.39, 0.29) is 0 Å². The van der Waals surface area contributed by atoms with E-state index in [2.05, 4.69) is 0 Å². The standard InChI is InChI=1S/C18H19NO3/c20-18(21)16-17(15-9-5-2-6-10-15)22-12-11-19(16)13-14-7-3-1-4-8-14/h1-10,16-17H,11-13H2,(H,20,21). The van der Waals surface area contributed by atoms with Crippen LogP contribution in [0, 0.1) is 0 Å². The van der Waals surface area contributed by atoms with Gasteiger partial charge in [0.15, 0.2) is 0 Å². The summed E-state index contributed by atoms with van der Waals surface area (Å²) in [6.45, 7) is 1.77. The molecule has 1 N–H and O–H groups in total. The van der Waals surface area contributed by atoms with Crippen LogP contribution in [0.2, 0.25) is 0 Å². The van der Waals surface area contributed by atoms with Gasteiger partial charge in [-0.15, -0.1) is 0 Å². The Morgan fingerprint density at radius 3 is 2.36 bits per heavy atom. The second-order valence-electron chi connectivity index (χ2n) is 5.44. The Bertz CT molecular complexity index is 615. The summed E-state index contributed by atoms with van der Waals surface area (Å²) in [7, 11) is 0. The monoisotopic (exact) mass is 297 g/mol. The minimum atomic E-state index is -0.843. The average molecular weight is 297 g/mol. The lowest BCUT2D eigenvalue weighted by atomic mass is 9.98. The number of carboxylic acids is 1. The number of rotatable bonds is 4. The highest BCUT2D eigenvalue weighted by Crippen LogP contribution is 2.29. The molecule has 0 bridgehead atoms. The second kappa shape index (κ2) is 6.73. The molecule has 4 nitrogen and oxygen atoms in total. The van der Waals surface area contributed by atoms with Gasteiger partial charge in [0, 0.05) is 13.1 Å². The van der Waals surface area contributed by atoms with Crippen molar-refractivity contribution in [2.45, 2.75) is 18.7 Å². The number of ether oxygens (including phenoxy) is 1. The summed E-state index contributed by atoms with van der Waals surface area (Å²) in [5, 5.41) is 9.70. The Morgan fingerprint density at radius 2 is 1.73 bits per heavy atom. The predicted molar refractivity (Wildman–Crippen MR) is 83.4 cm³/mol. The molecule has 114 valence electrons. The molecule has 1 fully saturated rings. The highest BCUT2D eigenvalue weighted by molar-refractivity contribution is 5.75. The summed E-state index contributed by atoms with van der Waals surface area (Å²) >= 11 is 0. The van der Waals surface area contributed by atoms with Crippen molar-refractivity contribution in [2.75, 3.05) is 13.2 Å². The van der Waals surface area contributed by atoms with Crippen molar-refractivity contribution in [2.24, 2.45) is 0 Å². The zero-order valence-corrected chi connectivity index (χ0v) is 12.3. The van der Waals surface area contributed by atoms with Gasteiger partial charge in [-0.1, -0.05) is 60.7 Å². The maximum absolute atomic E-state index is 11.8. The number of carboxylic acid groups (broad SMARTS) is 1. The number of aliphatic carboxylic acids is 1. The van der Waals surface area contributed by atoms with Gasteiger partial charge in [0.25, 0.3) is 0 Å². The summed E-state index contributed by atoms with van der Waals surface area (Å²) in [6, 6.07) is 18.9. The van der Waals surface area contributed by atoms with Crippen LogP contribution in [-0.4, -0.2) is 35.2 Å². The van der Waals surface area contributed by atoms with E-state index in [0.29, 0.717) is 19.7 Å². The molecule has 2 unspecified atom stereocenters. The number of morpholine rings is 1. The predicted octanol–water partition coefficient (Wildman–Crippen LogP) is 2.71. The van der Waals surface area contributed by atoms with Crippen molar-refractivity contribution in [3.05, 3.63) is 71.8 Å². The largest absolute Gasteiger partial charge is 0.480 e. The molecular weight excluding hydrogens is 278 g/mol. The highest BCUT2D eigenvalue weighted by Gasteiger charge is 2.38. The third-order valence-electron chi connectivity index (χ3n) is 3.97. The molecule has 0 spiro atoms. The molecule has 0 amide bonds. The highest BCUT2D eigenvalue weighted by atomic mass is 16.5. The molecule has 0 saturated carbocycles. The first kappa shape index (κ1) is 14.8. The van der Waals surface area contributed by atoms with Crippen LogP contribution in [-0.2, 0) is 16.1 Å². The van der Waals surface area contributed by atoms with Crippen LogP contribution in [0.5, 0.6) is 0 Å². The maximum Gasteiger partial charge on any atom is 0.324 e. The fourth-order valence-corrected chi connectivity index (χ4v) is 2.92. The van der Waals surface area contributed by atoms with Gasteiger partial charge in [-0.05, 0) is 11.1 Å². The summed E-state index contributed by atoms with van der Waals surface area (Å²) in [5.74, 6) is -0.843. The smallest absolute Gasteiger partial charge is 0.324 e. The van der Waals surface area contributed by atoms with Crippen molar-refractivity contribution in [3.8, 4) is 0 Å². The summed E-state index contributed by atoms with van der Waals surface area (Å²) in [4.78, 5) is 13.8. The van der Waals surface area contributed by atoms with Crippen molar-refractivity contribution in [1.82, 2.24) is 4.90 Å². The van der Waals surface area contributed by atoms with Crippen LogP contribution in [0.4, 0.5) is 0 Å². The van der Waals surface area contributed by atoms with E-state index in [0.717, 1.165) is 11.1 Å². The van der Waals surface area contributed by atoms with Crippen LogP contribution in [0.3, 0.4) is 0 Å². The van der Waals surface area contributed by atoms with E-state index in [9.17, 15) is 9.90 Å². The molecule has 0 radical (unpaired) electrons. The van der Waals surface area contributed by atoms with Crippen molar-refractivity contribution >= 4 is 5.97 Å². The number of hydrogen-bond donors (Lipinski definition) is 1. The van der Waals surface area contributed by atoms with Crippen LogP contribution in [0.15, 0.2) is 60.7 Å². The second-order valence-corrected chi connectivity index (χ2v) is 5.44. The maximum atomic E-state index is 11.8. The lowest BCUT2D eigenvalue weighted by Gasteiger charge is -2.39. The van der Waals surface area contributed by atoms with Crippen molar-refractivity contribution in [1.29, 1.82) is 0 Å². The average Bonchev–Trinajstić information content (AvgIpc) is 2.56. The van der Waals surface area contributed by atoms with E-state index < -0.39 is 18.1 Å². The third kappa shape index (κ3) is 3.18. The molecule has 0 aromatic heterocycles. The molecular formula is C18H19NO3. The van der Waals surface area contributed by atoms with Crippen LogP contribution < -0.4 is 0 Å². The van der Waals surface area contributed by atoms with Gasteiger partial charge < -0.3 is 9.84 Å². The molecule has 1 heterocycles. The molecule has 2 atom stereocenters. The molecule has 1 aliphatic rings. The number of hydrogen-bond acceptors (Lipinski definition) is 3. The first-order valence-electron chi connectivity index (χ1n) is 7.43. The topological polar surface area (TPSA) is 49.8 Å². The van der Waals surface area contributed by atoms with Gasteiger partial charge in [-0.3, -0.25) is 9.69 Å². The summed E-state index contributed by atoms with van der Waals surface area (Å²) in [5.41, 5.74) is 2.02. The zero-order chi connectivity index (χ0) is 15.4. The Labute approximate surface area is 130 Å². The molecule has 2 aromatic carbocycles. The minimum absolute atomic E-state index is 0.434. The van der Waals surface area contributed by atoms with Gasteiger partial charge in [0.1, 0.15) is 12.1 Å². The van der Waals surface area contributed by atoms with E-state index in [1.54, 1.807) is 0 Å². The quantitative estimate of drug-likeness (QED) is 0.942. The van der Waals surface area contributed by atoms with Gasteiger partial charge in [0.05, 0.1) is 6.61 Å². The van der Waals surface area contributed by atoms with Crippen LogP contribution in [0.1, 0.15) is 17.2 Å². The Kier molecular flexibility index (Phi) is 4.51. The first-order valence-corrected chi connectivity index (χ1v) is 7.43. The Balaban J connectivity index is 1.85.